The molecule has 7 heteroatoms. The van der Waals surface area contributed by atoms with Gasteiger partial charge in [0.05, 0.1) is 22.5 Å². The van der Waals surface area contributed by atoms with Crippen LogP contribution in [0.5, 0.6) is 0 Å². The molecule has 0 fully saturated rings. The van der Waals surface area contributed by atoms with E-state index in [2.05, 4.69) is 15.4 Å². The minimum Gasteiger partial charge on any atom is -0.302 e. The Bertz CT molecular complexity index is 943. The topological polar surface area (TPSA) is 76.9 Å². The third kappa shape index (κ3) is 2.43. The maximum Gasteiger partial charge on any atom is 0.278 e. The Morgan fingerprint density at radius 1 is 1.21 bits per heavy atom. The lowest BCUT2D eigenvalue weighted by Gasteiger charge is -2.12. The zero-order chi connectivity index (χ0) is 16.7. The molecule has 0 unspecified atom stereocenters. The minimum atomic E-state index is -0.167. The zero-order valence-electron chi connectivity index (χ0n) is 12.9. The number of nitrogens with zero attached hydrogens (tertiary/aromatic N) is 3. The molecule has 2 aromatic heterocycles. The lowest BCUT2D eigenvalue weighted by Crippen LogP contribution is -2.16. The summed E-state index contributed by atoms with van der Waals surface area (Å²) >= 11 is 1.38. The summed E-state index contributed by atoms with van der Waals surface area (Å²) in [5.41, 5.74) is 3.31. The molecule has 0 saturated carbocycles. The highest BCUT2D eigenvalue weighted by molar-refractivity contribution is 7.19. The van der Waals surface area contributed by atoms with Crippen LogP contribution in [-0.2, 0) is 17.6 Å². The molecule has 1 aliphatic rings. The smallest absolute Gasteiger partial charge is 0.278 e. The quantitative estimate of drug-likeness (QED) is 0.779. The molecular formula is C17H14N4O2S. The predicted molar refractivity (Wildman–Crippen MR) is 91.2 cm³/mol. The van der Waals surface area contributed by atoms with Crippen LogP contribution in [0.4, 0.5) is 5.13 Å². The van der Waals surface area contributed by atoms with Gasteiger partial charge in [0.15, 0.2) is 5.13 Å². The van der Waals surface area contributed by atoms with Crippen LogP contribution in [-0.4, -0.2) is 26.6 Å². The van der Waals surface area contributed by atoms with Gasteiger partial charge in [-0.2, -0.15) is 9.78 Å². The SMILES string of the molecule is CC(=O)Nc1nc2c(s1)-c1c(cnn1C(=O)c1ccccc1)CC2. The van der Waals surface area contributed by atoms with Crippen molar-refractivity contribution in [3.63, 3.8) is 0 Å². The summed E-state index contributed by atoms with van der Waals surface area (Å²) in [6.45, 7) is 1.45. The second-order valence-corrected chi connectivity index (χ2v) is 6.58. The van der Waals surface area contributed by atoms with E-state index in [1.807, 2.05) is 18.2 Å². The molecule has 0 aliphatic heterocycles. The van der Waals surface area contributed by atoms with Crippen molar-refractivity contribution in [3.8, 4) is 10.6 Å². The Labute approximate surface area is 142 Å². The molecule has 3 aromatic rings. The summed E-state index contributed by atoms with van der Waals surface area (Å²) < 4.78 is 1.44. The highest BCUT2D eigenvalue weighted by Gasteiger charge is 2.27. The largest absolute Gasteiger partial charge is 0.302 e. The number of hydrogen-bond acceptors (Lipinski definition) is 5. The van der Waals surface area contributed by atoms with Gasteiger partial charge in [-0.15, -0.1) is 0 Å². The summed E-state index contributed by atoms with van der Waals surface area (Å²) in [6, 6.07) is 9.08. The average molecular weight is 338 g/mol. The molecule has 4 rings (SSSR count). The normalized spacial score (nSPS) is 12.4. The maximum atomic E-state index is 12.8. The van der Waals surface area contributed by atoms with Gasteiger partial charge in [-0.1, -0.05) is 29.5 Å². The van der Waals surface area contributed by atoms with Gasteiger partial charge in [-0.05, 0) is 30.5 Å². The van der Waals surface area contributed by atoms with E-state index in [9.17, 15) is 9.59 Å². The number of carbonyl (C=O) groups excluding carboxylic acids is 2. The van der Waals surface area contributed by atoms with Crippen molar-refractivity contribution in [2.24, 2.45) is 0 Å². The molecule has 1 aliphatic carbocycles. The number of benzene rings is 1. The lowest BCUT2D eigenvalue weighted by atomic mass is 10.0. The van der Waals surface area contributed by atoms with Gasteiger partial charge in [-0.25, -0.2) is 4.98 Å². The zero-order valence-corrected chi connectivity index (χ0v) is 13.8. The van der Waals surface area contributed by atoms with E-state index in [4.69, 9.17) is 0 Å². The lowest BCUT2D eigenvalue weighted by molar-refractivity contribution is -0.114. The number of thiazole rings is 1. The molecule has 2 heterocycles. The van der Waals surface area contributed by atoms with Crippen LogP contribution >= 0.6 is 11.3 Å². The maximum absolute atomic E-state index is 12.8. The molecule has 1 amide bonds. The van der Waals surface area contributed by atoms with E-state index in [0.29, 0.717) is 10.7 Å². The van der Waals surface area contributed by atoms with E-state index in [-0.39, 0.29) is 11.8 Å². The number of nitrogens with one attached hydrogen (secondary N) is 1. The fourth-order valence-electron chi connectivity index (χ4n) is 2.83. The number of aryl methyl sites for hydroxylation is 2. The highest BCUT2D eigenvalue weighted by atomic mass is 32.1. The third-order valence-corrected chi connectivity index (χ3v) is 4.90. The molecular weight excluding hydrogens is 324 g/mol. The van der Waals surface area contributed by atoms with E-state index >= 15 is 0 Å². The Morgan fingerprint density at radius 2 is 2.00 bits per heavy atom. The van der Waals surface area contributed by atoms with E-state index < -0.39 is 0 Å². The molecule has 0 bridgehead atoms. The van der Waals surface area contributed by atoms with Gasteiger partial charge < -0.3 is 5.32 Å². The molecule has 1 N–H and O–H groups in total. The first kappa shape index (κ1) is 14.8. The predicted octanol–water partition coefficient (Wildman–Crippen LogP) is 2.75. The average Bonchev–Trinajstić information content (AvgIpc) is 3.17. The van der Waals surface area contributed by atoms with Crippen LogP contribution in [0.2, 0.25) is 0 Å². The first-order chi connectivity index (χ1) is 11.6. The Balaban J connectivity index is 1.80. The summed E-state index contributed by atoms with van der Waals surface area (Å²) in [4.78, 5) is 29.4. The Kier molecular flexibility index (Phi) is 3.50. The van der Waals surface area contributed by atoms with Crippen LogP contribution in [0.1, 0.15) is 28.5 Å². The number of hydrogen-bond donors (Lipinski definition) is 1. The molecule has 0 saturated heterocycles. The molecule has 24 heavy (non-hydrogen) atoms. The number of rotatable bonds is 2. The van der Waals surface area contributed by atoms with Crippen LogP contribution < -0.4 is 5.32 Å². The highest BCUT2D eigenvalue weighted by Crippen LogP contribution is 2.39. The summed E-state index contributed by atoms with van der Waals surface area (Å²) in [5.74, 6) is -0.325. The first-order valence-corrected chi connectivity index (χ1v) is 8.39. The summed E-state index contributed by atoms with van der Waals surface area (Å²) in [7, 11) is 0. The number of amides is 1. The van der Waals surface area contributed by atoms with Gasteiger partial charge >= 0.3 is 0 Å². The van der Waals surface area contributed by atoms with E-state index in [0.717, 1.165) is 34.7 Å². The first-order valence-electron chi connectivity index (χ1n) is 7.58. The van der Waals surface area contributed by atoms with Crippen molar-refractivity contribution in [1.82, 2.24) is 14.8 Å². The number of anilines is 1. The summed E-state index contributed by atoms with van der Waals surface area (Å²) in [5, 5.41) is 7.58. The fourth-order valence-corrected chi connectivity index (χ4v) is 3.95. The molecule has 0 atom stereocenters. The van der Waals surface area contributed by atoms with Gasteiger partial charge in [0.25, 0.3) is 5.91 Å². The van der Waals surface area contributed by atoms with Gasteiger partial charge in [-0.3, -0.25) is 9.59 Å². The monoisotopic (exact) mass is 338 g/mol. The third-order valence-electron chi connectivity index (χ3n) is 3.88. The van der Waals surface area contributed by atoms with Crippen molar-refractivity contribution in [1.29, 1.82) is 0 Å². The van der Waals surface area contributed by atoms with Gasteiger partial charge in [0, 0.05) is 12.5 Å². The fraction of sp³-hybridized carbons (Fsp3) is 0.176. The Hall–Kier alpha value is -2.80. The van der Waals surface area contributed by atoms with Crippen molar-refractivity contribution < 1.29 is 9.59 Å². The number of fused-ring (bicyclic) bond motifs is 3. The molecule has 0 radical (unpaired) electrons. The van der Waals surface area contributed by atoms with Gasteiger partial charge in [0.2, 0.25) is 5.91 Å². The second-order valence-electron chi connectivity index (χ2n) is 5.58. The second kappa shape index (κ2) is 5.68. The molecule has 1 aromatic carbocycles. The van der Waals surface area contributed by atoms with Crippen LogP contribution in [0.3, 0.4) is 0 Å². The molecule has 0 spiro atoms. The minimum absolute atomic E-state index is 0.157. The van der Waals surface area contributed by atoms with E-state index in [1.54, 1.807) is 18.3 Å². The number of aromatic nitrogens is 3. The van der Waals surface area contributed by atoms with Crippen molar-refractivity contribution in [2.75, 3.05) is 5.32 Å². The van der Waals surface area contributed by atoms with Crippen LogP contribution in [0.25, 0.3) is 10.6 Å². The number of carbonyl (C=O) groups is 2. The van der Waals surface area contributed by atoms with Crippen molar-refractivity contribution in [2.45, 2.75) is 19.8 Å². The molecule has 120 valence electrons. The van der Waals surface area contributed by atoms with Crippen LogP contribution in [0.15, 0.2) is 36.5 Å². The van der Waals surface area contributed by atoms with Crippen molar-refractivity contribution in [3.05, 3.63) is 53.3 Å². The van der Waals surface area contributed by atoms with Gasteiger partial charge in [0.1, 0.15) is 0 Å². The van der Waals surface area contributed by atoms with E-state index in [1.165, 1.54) is 22.9 Å². The summed E-state index contributed by atoms with van der Waals surface area (Å²) in [6.07, 6.45) is 3.31. The molecule has 6 nitrogen and oxygen atoms in total. The van der Waals surface area contributed by atoms with Crippen LogP contribution in [0, 0.1) is 0 Å². The van der Waals surface area contributed by atoms with Crippen molar-refractivity contribution >= 4 is 28.3 Å². The standard InChI is InChI=1S/C17H14N4O2S/c1-10(22)19-17-20-13-8-7-12-9-18-21(14(12)15(13)24-17)16(23)11-5-3-2-4-6-11/h2-6,9H,7-8H2,1H3,(H,19,20,22). The Morgan fingerprint density at radius 3 is 2.75 bits per heavy atom.